The first-order valence-electron chi connectivity index (χ1n) is 24.0. The molecule has 0 aliphatic carbocycles. The lowest BCUT2D eigenvalue weighted by atomic mass is 9.80. The van der Waals surface area contributed by atoms with Gasteiger partial charge in [0.25, 0.3) is 8.53 Å². The summed E-state index contributed by atoms with van der Waals surface area (Å²) in [5, 5.41) is 18.8. The summed E-state index contributed by atoms with van der Waals surface area (Å²) in [4.78, 5) is 40.7. The first-order chi connectivity index (χ1) is 32.5. The van der Waals surface area contributed by atoms with Crippen molar-refractivity contribution in [3.8, 4) is 17.6 Å². The van der Waals surface area contributed by atoms with Gasteiger partial charge in [-0.2, -0.15) is 17.0 Å². The van der Waals surface area contributed by atoms with Crippen molar-refractivity contribution < 1.29 is 37.6 Å². The molecule has 4 unspecified atom stereocenters. The van der Waals surface area contributed by atoms with E-state index < -0.39 is 14.1 Å². The van der Waals surface area contributed by atoms with Gasteiger partial charge in [-0.1, -0.05) is 67.4 Å². The van der Waals surface area contributed by atoms with Crippen LogP contribution >= 0.6 is 20.3 Å². The predicted octanol–water partition coefficient (Wildman–Crippen LogP) is 8.68. The average molecular weight is 959 g/mol. The number of unbranched alkanes of at least 4 members (excludes halogenated alkanes) is 3. The number of amides is 4. The fraction of sp³-hybridized carbons (Fsp3) is 0.569. The van der Waals surface area contributed by atoms with E-state index in [1.165, 1.54) is 0 Å². The molecule has 6 atom stereocenters. The Bertz CT molecular complexity index is 2000. The van der Waals surface area contributed by atoms with Crippen LogP contribution < -0.4 is 25.4 Å². The zero-order valence-corrected chi connectivity index (χ0v) is 41.8. The van der Waals surface area contributed by atoms with E-state index >= 15 is 0 Å². The van der Waals surface area contributed by atoms with Crippen molar-refractivity contribution in [2.24, 2.45) is 0 Å². The number of nitrogens with one attached hydrogen (secondary N) is 3. The number of rotatable bonds is 27. The van der Waals surface area contributed by atoms with Gasteiger partial charge in [0, 0.05) is 49.0 Å². The van der Waals surface area contributed by atoms with E-state index in [4.69, 9.17) is 23.3 Å². The van der Waals surface area contributed by atoms with E-state index in [1.807, 2.05) is 83.4 Å². The Hall–Kier alpha value is -4.42. The number of likely N-dealkylation sites (tertiary alicyclic amines) is 1. The zero-order chi connectivity index (χ0) is 47.8. The quantitative estimate of drug-likeness (QED) is 0.0290. The minimum atomic E-state index is -1.54. The molecule has 0 spiro atoms. The number of hydrogen-bond acceptors (Lipinski definition) is 11. The van der Waals surface area contributed by atoms with Crippen LogP contribution in [0, 0.1) is 11.3 Å². The number of ether oxygens (including phenoxy) is 3. The normalized spacial score (nSPS) is 20.7. The maximum Gasteiger partial charge on any atom is 0.315 e. The van der Waals surface area contributed by atoms with Crippen molar-refractivity contribution in [2.75, 3.05) is 46.3 Å². The molecule has 16 heteroatoms. The number of nitrogens with zero attached hydrogens (tertiary/aromatic N) is 3. The van der Waals surface area contributed by atoms with Gasteiger partial charge in [0.1, 0.15) is 17.1 Å². The number of carbonyl (C=O) groups excluding carboxylic acids is 3. The molecule has 0 radical (unpaired) electrons. The Morgan fingerprint density at radius 2 is 1.52 bits per heavy atom. The second-order valence-corrected chi connectivity index (χ2v) is 20.7. The second-order valence-electron chi connectivity index (χ2n) is 18.1. The SMILES string of the molecule is COc1ccc(C(OC[C@@H]2C[C@@H](OP(OCCC#N)N(C(C)C)C(C)C)CN2C(=O)CCCCCNC(=O)CCCCC2SCC3NC(=O)NC32)(c2ccccc2)c2ccc(OC)cc2)cc1. The number of methoxy groups -OCH3 is 2. The molecular weight excluding hydrogens is 888 g/mol. The third-order valence-electron chi connectivity index (χ3n) is 12.7. The summed E-state index contributed by atoms with van der Waals surface area (Å²) in [7, 11) is 1.76. The van der Waals surface area contributed by atoms with Crippen LogP contribution in [0.15, 0.2) is 78.9 Å². The van der Waals surface area contributed by atoms with Crippen LogP contribution in [0.1, 0.15) is 109 Å². The summed E-state index contributed by atoms with van der Waals surface area (Å²) in [6.45, 7) is 9.87. The Morgan fingerprint density at radius 3 is 2.15 bits per heavy atom. The van der Waals surface area contributed by atoms with Crippen molar-refractivity contribution in [3.63, 3.8) is 0 Å². The van der Waals surface area contributed by atoms with E-state index in [0.29, 0.717) is 44.0 Å². The van der Waals surface area contributed by atoms with Gasteiger partial charge in [0.2, 0.25) is 11.8 Å². The Labute approximate surface area is 403 Å². The summed E-state index contributed by atoms with van der Waals surface area (Å²) in [6.07, 6.45) is 6.29. The van der Waals surface area contributed by atoms with E-state index in [0.717, 1.165) is 66.0 Å². The molecule has 3 N–H and O–H groups in total. The number of urea groups is 1. The molecule has 3 aromatic rings. The van der Waals surface area contributed by atoms with Gasteiger partial charge >= 0.3 is 6.03 Å². The van der Waals surface area contributed by atoms with Gasteiger partial charge in [-0.3, -0.25) is 9.59 Å². The van der Waals surface area contributed by atoms with E-state index in [1.54, 1.807) is 14.2 Å². The van der Waals surface area contributed by atoms with Crippen molar-refractivity contribution in [2.45, 2.75) is 139 Å². The molecular formula is C51H71N6O8PS. The number of carbonyl (C=O) groups is 3. The molecule has 4 amide bonds. The van der Waals surface area contributed by atoms with Crippen LogP contribution in [0.25, 0.3) is 0 Å². The van der Waals surface area contributed by atoms with Crippen LogP contribution in [0.4, 0.5) is 4.79 Å². The first kappa shape index (κ1) is 52.0. The summed E-state index contributed by atoms with van der Waals surface area (Å²) in [5.74, 6) is 2.47. The number of benzene rings is 3. The molecule has 0 bridgehead atoms. The molecule has 3 heterocycles. The molecule has 364 valence electrons. The van der Waals surface area contributed by atoms with Gasteiger partial charge < -0.3 is 44.1 Å². The summed E-state index contributed by atoms with van der Waals surface area (Å²) >= 11 is 1.90. The zero-order valence-electron chi connectivity index (χ0n) is 40.1. The van der Waals surface area contributed by atoms with Crippen LogP contribution in [0.2, 0.25) is 0 Å². The summed E-state index contributed by atoms with van der Waals surface area (Å²) < 4.78 is 33.9. The number of nitriles is 1. The highest BCUT2D eigenvalue weighted by Crippen LogP contribution is 2.49. The maximum absolute atomic E-state index is 14.4. The maximum atomic E-state index is 14.4. The highest BCUT2D eigenvalue weighted by Gasteiger charge is 2.44. The van der Waals surface area contributed by atoms with E-state index in [9.17, 15) is 19.6 Å². The van der Waals surface area contributed by atoms with E-state index in [2.05, 4.69) is 66.5 Å². The fourth-order valence-electron chi connectivity index (χ4n) is 9.44. The molecule has 67 heavy (non-hydrogen) atoms. The third kappa shape index (κ3) is 13.9. The Balaban J connectivity index is 1.13. The lowest BCUT2D eigenvalue weighted by Crippen LogP contribution is -2.42. The number of hydrogen-bond donors (Lipinski definition) is 3. The predicted molar refractivity (Wildman–Crippen MR) is 264 cm³/mol. The third-order valence-corrected chi connectivity index (χ3v) is 16.4. The topological polar surface area (TPSA) is 164 Å². The number of fused-ring (bicyclic) bond motifs is 1. The molecule has 3 aliphatic heterocycles. The lowest BCUT2D eigenvalue weighted by Gasteiger charge is -2.38. The largest absolute Gasteiger partial charge is 0.497 e. The van der Waals surface area contributed by atoms with Crippen LogP contribution in [0.3, 0.4) is 0 Å². The van der Waals surface area contributed by atoms with Crippen molar-refractivity contribution >= 4 is 38.1 Å². The van der Waals surface area contributed by atoms with Gasteiger partial charge in [0.05, 0.1) is 64.2 Å². The molecule has 0 saturated carbocycles. The van der Waals surface area contributed by atoms with Crippen molar-refractivity contribution in [1.82, 2.24) is 25.5 Å². The van der Waals surface area contributed by atoms with Gasteiger partial charge in [-0.05, 0) is 101 Å². The molecule has 14 nitrogen and oxygen atoms in total. The van der Waals surface area contributed by atoms with Crippen LogP contribution in [0.5, 0.6) is 11.5 Å². The summed E-state index contributed by atoms with van der Waals surface area (Å²) in [6, 6.07) is 28.5. The van der Waals surface area contributed by atoms with Crippen molar-refractivity contribution in [3.05, 3.63) is 95.6 Å². The molecule has 3 aliphatic rings. The monoisotopic (exact) mass is 958 g/mol. The molecule has 3 fully saturated rings. The van der Waals surface area contributed by atoms with E-state index in [-0.39, 0.29) is 73.8 Å². The number of thioether (sulfide) groups is 1. The van der Waals surface area contributed by atoms with Crippen molar-refractivity contribution in [1.29, 1.82) is 5.26 Å². The Kier molecular flexibility index (Phi) is 20.0. The second kappa shape index (κ2) is 25.8. The molecule has 6 rings (SSSR count). The van der Waals surface area contributed by atoms with Crippen LogP contribution in [-0.4, -0.2) is 115 Å². The first-order valence-corrected chi connectivity index (χ1v) is 26.1. The molecule has 0 aromatic heterocycles. The standard InChI is InChI=1S/C51H71N6O8PS/c1-36(2)57(37(3)4)66(64-31-15-29-52)65-44-32-41(34-63-51(38-16-9-7-10-17-38,39-21-25-42(61-5)26-22-39)40-23-27-43(62-6)28-24-40)56(33-44)48(59)20-11-8-14-30-53-47(58)19-13-12-18-46-49-45(35-67-46)54-50(60)55-49/h7,9-10,16-17,21-28,36-37,41,44-46,49H,8,11-15,18-20,30-35H2,1-6H3,(H,53,58)(H2,54,55,60)/t41-,44+,45?,46?,49?,66?/m0/s1. The van der Waals surface area contributed by atoms with Crippen LogP contribution in [-0.2, 0) is 29.0 Å². The summed E-state index contributed by atoms with van der Waals surface area (Å²) in [5.41, 5.74) is 1.67. The van der Waals surface area contributed by atoms with Gasteiger partial charge in [-0.15, -0.1) is 0 Å². The average Bonchev–Trinajstić information content (AvgIpc) is 4.03. The highest BCUT2D eigenvalue weighted by molar-refractivity contribution is 8.00. The molecule has 3 saturated heterocycles. The van der Waals surface area contributed by atoms with Gasteiger partial charge in [0.15, 0.2) is 0 Å². The Morgan fingerprint density at radius 1 is 0.881 bits per heavy atom. The smallest absolute Gasteiger partial charge is 0.315 e. The minimum Gasteiger partial charge on any atom is -0.497 e. The van der Waals surface area contributed by atoms with Gasteiger partial charge in [-0.25, -0.2) is 9.46 Å². The lowest BCUT2D eigenvalue weighted by molar-refractivity contribution is -0.134. The highest BCUT2D eigenvalue weighted by atomic mass is 32.2. The fourth-order valence-corrected chi connectivity index (χ4v) is 12.7. The minimum absolute atomic E-state index is 0.0296. The molecule has 3 aromatic carbocycles.